The second-order valence-electron chi connectivity index (χ2n) is 5.73. The summed E-state index contributed by atoms with van der Waals surface area (Å²) in [5.41, 5.74) is 0. The van der Waals surface area contributed by atoms with Gasteiger partial charge in [0.2, 0.25) is 10.0 Å². The number of nitrogens with one attached hydrogen (secondary N) is 1. The molecule has 6 nitrogen and oxygen atoms in total. The van der Waals surface area contributed by atoms with Crippen LogP contribution in [0, 0.1) is 0 Å². The molecule has 0 radical (unpaired) electrons. The Kier molecular flexibility index (Phi) is 8.68. The van der Waals surface area contributed by atoms with Gasteiger partial charge in [-0.2, -0.15) is 4.31 Å². The summed E-state index contributed by atoms with van der Waals surface area (Å²) in [5.74, 6) is -0.170. The monoisotopic (exact) mass is 390 g/mol. The fourth-order valence-corrected chi connectivity index (χ4v) is 4.32. The SMILES string of the molecule is CCCC(C)NC(=O)COc1ccc(Cl)cc1S(=O)(=O)N(CC)CC. The van der Waals surface area contributed by atoms with Gasteiger partial charge in [0, 0.05) is 24.2 Å². The zero-order valence-corrected chi connectivity index (χ0v) is 16.8. The third kappa shape index (κ3) is 6.17. The van der Waals surface area contributed by atoms with E-state index in [0.29, 0.717) is 18.1 Å². The van der Waals surface area contributed by atoms with Crippen LogP contribution in [-0.2, 0) is 14.8 Å². The maximum absolute atomic E-state index is 12.8. The van der Waals surface area contributed by atoms with Crippen molar-refractivity contribution in [2.45, 2.75) is 51.5 Å². The number of halogens is 1. The average Bonchev–Trinajstić information content (AvgIpc) is 2.54. The van der Waals surface area contributed by atoms with Crippen LogP contribution in [0.4, 0.5) is 0 Å². The number of hydrogen-bond acceptors (Lipinski definition) is 4. The molecule has 0 aliphatic heterocycles. The minimum Gasteiger partial charge on any atom is -0.482 e. The van der Waals surface area contributed by atoms with Gasteiger partial charge < -0.3 is 10.1 Å². The Morgan fingerprint density at radius 3 is 2.48 bits per heavy atom. The molecule has 0 saturated carbocycles. The van der Waals surface area contributed by atoms with Crippen LogP contribution in [0.1, 0.15) is 40.5 Å². The molecule has 25 heavy (non-hydrogen) atoms. The number of nitrogens with zero attached hydrogens (tertiary/aromatic N) is 1. The van der Waals surface area contributed by atoms with E-state index in [9.17, 15) is 13.2 Å². The quantitative estimate of drug-likeness (QED) is 0.666. The van der Waals surface area contributed by atoms with Crippen molar-refractivity contribution in [3.63, 3.8) is 0 Å². The van der Waals surface area contributed by atoms with Gasteiger partial charge in [0.05, 0.1) is 0 Å². The molecular weight excluding hydrogens is 364 g/mol. The first kappa shape index (κ1) is 21.7. The fraction of sp³-hybridized carbons (Fsp3) is 0.588. The summed E-state index contributed by atoms with van der Waals surface area (Å²) >= 11 is 5.96. The van der Waals surface area contributed by atoms with Crippen molar-refractivity contribution in [1.82, 2.24) is 9.62 Å². The van der Waals surface area contributed by atoms with Crippen LogP contribution in [0.15, 0.2) is 23.1 Å². The minimum atomic E-state index is -3.74. The summed E-state index contributed by atoms with van der Waals surface area (Å²) in [7, 11) is -3.74. The van der Waals surface area contributed by atoms with E-state index in [1.165, 1.54) is 22.5 Å². The Hall–Kier alpha value is -1.31. The highest BCUT2D eigenvalue weighted by atomic mass is 35.5. The Balaban J connectivity index is 2.97. The van der Waals surface area contributed by atoms with Crippen molar-refractivity contribution >= 4 is 27.5 Å². The highest BCUT2D eigenvalue weighted by Gasteiger charge is 2.26. The summed E-state index contributed by atoms with van der Waals surface area (Å²) in [5, 5.41) is 3.11. The number of hydrogen-bond donors (Lipinski definition) is 1. The first-order valence-electron chi connectivity index (χ1n) is 8.48. The Morgan fingerprint density at radius 2 is 1.92 bits per heavy atom. The molecule has 1 atom stereocenters. The van der Waals surface area contributed by atoms with Crippen molar-refractivity contribution in [2.24, 2.45) is 0 Å². The molecule has 0 saturated heterocycles. The van der Waals surface area contributed by atoms with Crippen LogP contribution in [0.5, 0.6) is 5.75 Å². The molecule has 0 heterocycles. The van der Waals surface area contributed by atoms with Gasteiger partial charge >= 0.3 is 0 Å². The van der Waals surface area contributed by atoms with E-state index >= 15 is 0 Å². The molecule has 1 unspecified atom stereocenters. The average molecular weight is 391 g/mol. The van der Waals surface area contributed by atoms with Gasteiger partial charge in [0.25, 0.3) is 5.91 Å². The number of carbonyl (C=O) groups excluding carboxylic acids is 1. The summed E-state index contributed by atoms with van der Waals surface area (Å²) < 4.78 is 32.3. The lowest BCUT2D eigenvalue weighted by atomic mass is 10.2. The van der Waals surface area contributed by atoms with Crippen molar-refractivity contribution in [2.75, 3.05) is 19.7 Å². The predicted molar refractivity (Wildman–Crippen MR) is 99.6 cm³/mol. The van der Waals surface area contributed by atoms with Crippen LogP contribution >= 0.6 is 11.6 Å². The molecule has 0 fully saturated rings. The van der Waals surface area contributed by atoms with E-state index in [1.54, 1.807) is 13.8 Å². The maximum Gasteiger partial charge on any atom is 0.258 e. The molecule has 1 rings (SSSR count). The number of sulfonamides is 1. The van der Waals surface area contributed by atoms with Gasteiger partial charge in [0.15, 0.2) is 6.61 Å². The smallest absolute Gasteiger partial charge is 0.258 e. The molecule has 1 amide bonds. The van der Waals surface area contributed by atoms with E-state index in [2.05, 4.69) is 5.32 Å². The summed E-state index contributed by atoms with van der Waals surface area (Å²) in [6.07, 6.45) is 1.83. The lowest BCUT2D eigenvalue weighted by molar-refractivity contribution is -0.123. The van der Waals surface area contributed by atoms with E-state index in [0.717, 1.165) is 12.8 Å². The highest BCUT2D eigenvalue weighted by molar-refractivity contribution is 7.89. The predicted octanol–water partition coefficient (Wildman–Crippen LogP) is 3.05. The number of carbonyl (C=O) groups is 1. The van der Waals surface area contributed by atoms with E-state index < -0.39 is 10.0 Å². The molecule has 0 aliphatic carbocycles. The van der Waals surface area contributed by atoms with Crippen molar-refractivity contribution in [1.29, 1.82) is 0 Å². The Labute approximate surface area is 155 Å². The van der Waals surface area contributed by atoms with Gasteiger partial charge in [-0.25, -0.2) is 8.42 Å². The fourth-order valence-electron chi connectivity index (χ4n) is 2.47. The first-order valence-corrected chi connectivity index (χ1v) is 10.3. The lowest BCUT2D eigenvalue weighted by Gasteiger charge is -2.21. The number of amides is 1. The molecule has 8 heteroatoms. The Morgan fingerprint density at radius 1 is 1.28 bits per heavy atom. The van der Waals surface area contributed by atoms with Crippen LogP contribution in [0.2, 0.25) is 5.02 Å². The van der Waals surface area contributed by atoms with Crippen LogP contribution in [-0.4, -0.2) is 44.4 Å². The normalized spacial score (nSPS) is 12.9. The minimum absolute atomic E-state index is 0.0295. The van der Waals surface area contributed by atoms with Gasteiger partial charge in [-0.1, -0.05) is 38.8 Å². The molecule has 1 aromatic rings. The van der Waals surface area contributed by atoms with E-state index in [4.69, 9.17) is 16.3 Å². The molecular formula is C17H27ClN2O4S. The number of ether oxygens (including phenoxy) is 1. The number of rotatable bonds is 10. The van der Waals surface area contributed by atoms with Crippen molar-refractivity contribution in [3.8, 4) is 5.75 Å². The van der Waals surface area contributed by atoms with E-state index in [1.807, 2.05) is 13.8 Å². The molecule has 0 bridgehead atoms. The number of benzene rings is 1. The zero-order valence-electron chi connectivity index (χ0n) is 15.2. The van der Waals surface area contributed by atoms with Gasteiger partial charge in [-0.05, 0) is 31.5 Å². The highest BCUT2D eigenvalue weighted by Crippen LogP contribution is 2.29. The van der Waals surface area contributed by atoms with Crippen LogP contribution < -0.4 is 10.1 Å². The topological polar surface area (TPSA) is 75.7 Å². The molecule has 0 aromatic heterocycles. The first-order chi connectivity index (χ1) is 11.8. The van der Waals surface area contributed by atoms with E-state index in [-0.39, 0.29) is 29.2 Å². The third-order valence-electron chi connectivity index (χ3n) is 3.72. The second kappa shape index (κ2) is 9.99. The van der Waals surface area contributed by atoms with Crippen molar-refractivity contribution in [3.05, 3.63) is 23.2 Å². The lowest BCUT2D eigenvalue weighted by Crippen LogP contribution is -2.36. The Bertz CT molecular complexity index is 675. The summed E-state index contributed by atoms with van der Waals surface area (Å²) in [6.45, 7) is 7.89. The molecule has 1 N–H and O–H groups in total. The molecule has 0 spiro atoms. The molecule has 0 aliphatic rings. The van der Waals surface area contributed by atoms with Crippen molar-refractivity contribution < 1.29 is 17.9 Å². The standard InChI is InChI=1S/C17H27ClN2O4S/c1-5-8-13(4)19-17(21)12-24-15-10-9-14(18)11-16(15)25(22,23)20(6-2)7-3/h9-11,13H,5-8,12H2,1-4H3,(H,19,21). The molecule has 1 aromatic carbocycles. The zero-order chi connectivity index (χ0) is 19.0. The van der Waals surface area contributed by atoms with Gasteiger partial charge in [0.1, 0.15) is 10.6 Å². The third-order valence-corrected chi connectivity index (χ3v) is 6.02. The van der Waals surface area contributed by atoms with Gasteiger partial charge in [-0.15, -0.1) is 0 Å². The van der Waals surface area contributed by atoms with Crippen LogP contribution in [0.25, 0.3) is 0 Å². The summed E-state index contributed by atoms with van der Waals surface area (Å²) in [6, 6.07) is 4.41. The maximum atomic E-state index is 12.8. The molecule has 142 valence electrons. The second-order valence-corrected chi connectivity index (χ2v) is 8.07. The largest absolute Gasteiger partial charge is 0.482 e. The van der Waals surface area contributed by atoms with Gasteiger partial charge in [-0.3, -0.25) is 4.79 Å². The van der Waals surface area contributed by atoms with Crippen LogP contribution in [0.3, 0.4) is 0 Å². The summed E-state index contributed by atoms with van der Waals surface area (Å²) in [4.78, 5) is 11.9.